The highest BCUT2D eigenvalue weighted by atomic mass is 16.3. The lowest BCUT2D eigenvalue weighted by molar-refractivity contribution is -0.155. The zero-order chi connectivity index (χ0) is 16.4. The summed E-state index contributed by atoms with van der Waals surface area (Å²) in [5.41, 5.74) is -0.447. The smallest absolute Gasteiger partial charge is 0.139 e. The molecule has 0 aromatic heterocycles. The summed E-state index contributed by atoms with van der Waals surface area (Å²) in [6.45, 7) is 6.74. The van der Waals surface area contributed by atoms with Crippen LogP contribution in [-0.4, -0.2) is 16.5 Å². The molecule has 4 saturated carbocycles. The zero-order valence-electron chi connectivity index (χ0n) is 15.2. The minimum absolute atomic E-state index is 0.0220. The Labute approximate surface area is 141 Å². The van der Waals surface area contributed by atoms with E-state index in [-0.39, 0.29) is 5.41 Å². The van der Waals surface area contributed by atoms with Gasteiger partial charge < -0.3 is 5.11 Å². The van der Waals surface area contributed by atoms with Crippen molar-refractivity contribution in [2.75, 3.05) is 0 Å². The van der Waals surface area contributed by atoms with Crippen LogP contribution in [-0.2, 0) is 4.79 Å². The highest BCUT2D eigenvalue weighted by Gasteiger charge is 2.57. The Morgan fingerprint density at radius 2 is 1.70 bits per heavy atom. The molecule has 0 aromatic rings. The van der Waals surface area contributed by atoms with E-state index in [9.17, 15) is 9.90 Å². The van der Waals surface area contributed by atoms with E-state index in [1.807, 2.05) is 6.92 Å². The summed E-state index contributed by atoms with van der Waals surface area (Å²) in [5, 5.41) is 10.5. The van der Waals surface area contributed by atoms with Crippen molar-refractivity contribution in [3.8, 4) is 0 Å². The van der Waals surface area contributed by atoms with Gasteiger partial charge in [-0.3, -0.25) is 4.79 Å². The van der Waals surface area contributed by atoms with E-state index in [2.05, 4.69) is 13.8 Å². The van der Waals surface area contributed by atoms with Crippen molar-refractivity contribution >= 4 is 5.78 Å². The van der Waals surface area contributed by atoms with E-state index in [1.165, 1.54) is 25.7 Å². The SMILES string of the molecule is C[C@@H]1CCC(=O)[C@@]2(C)CC[C@H]3[C@@H](CC[C@@H]4C[C@](C)(O)CC[C@@H]43)[C@H]12. The topological polar surface area (TPSA) is 37.3 Å². The quantitative estimate of drug-likeness (QED) is 0.709. The summed E-state index contributed by atoms with van der Waals surface area (Å²) in [5.74, 6) is 5.07. The number of hydrogen-bond acceptors (Lipinski definition) is 2. The summed E-state index contributed by atoms with van der Waals surface area (Å²) >= 11 is 0. The maximum atomic E-state index is 12.7. The fourth-order valence-electron chi connectivity index (χ4n) is 7.53. The lowest BCUT2D eigenvalue weighted by Crippen LogP contribution is -2.56. The Morgan fingerprint density at radius 3 is 2.48 bits per heavy atom. The molecule has 0 amide bonds. The number of carbonyl (C=O) groups is 1. The number of carbonyl (C=O) groups excluding carboxylic acids is 1. The van der Waals surface area contributed by atoms with Crippen LogP contribution in [0.15, 0.2) is 0 Å². The molecule has 4 aliphatic rings. The largest absolute Gasteiger partial charge is 0.390 e. The van der Waals surface area contributed by atoms with Gasteiger partial charge in [-0.2, -0.15) is 0 Å². The van der Waals surface area contributed by atoms with E-state index in [0.717, 1.165) is 55.8 Å². The molecule has 0 aliphatic heterocycles. The second-order valence-corrected chi connectivity index (χ2v) is 9.99. The maximum Gasteiger partial charge on any atom is 0.139 e. The molecule has 0 spiro atoms. The fourth-order valence-corrected chi connectivity index (χ4v) is 7.53. The van der Waals surface area contributed by atoms with E-state index in [1.54, 1.807) is 0 Å². The van der Waals surface area contributed by atoms with E-state index < -0.39 is 5.60 Å². The van der Waals surface area contributed by atoms with Gasteiger partial charge in [0.05, 0.1) is 5.60 Å². The monoisotopic (exact) mass is 318 g/mol. The van der Waals surface area contributed by atoms with Crippen LogP contribution < -0.4 is 0 Å². The number of aliphatic hydroxyl groups is 1. The lowest BCUT2D eigenvalue weighted by Gasteiger charge is -2.59. The minimum atomic E-state index is -0.425. The maximum absolute atomic E-state index is 12.7. The molecule has 0 radical (unpaired) electrons. The molecule has 4 rings (SSSR count). The summed E-state index contributed by atoms with van der Waals surface area (Å²) in [6.07, 6.45) is 10.1. The van der Waals surface area contributed by atoms with Gasteiger partial charge in [0.1, 0.15) is 5.78 Å². The Bertz CT molecular complexity index is 496. The predicted octanol–water partition coefficient (Wildman–Crippen LogP) is 4.60. The Morgan fingerprint density at radius 1 is 0.957 bits per heavy atom. The Kier molecular flexibility index (Phi) is 3.72. The first-order valence-corrected chi connectivity index (χ1v) is 10.1. The Hall–Kier alpha value is -0.370. The highest BCUT2D eigenvalue weighted by Crippen LogP contribution is 2.62. The average Bonchev–Trinajstić information content (AvgIpc) is 2.49. The molecule has 23 heavy (non-hydrogen) atoms. The van der Waals surface area contributed by atoms with Crippen LogP contribution >= 0.6 is 0 Å². The van der Waals surface area contributed by atoms with Crippen molar-refractivity contribution in [2.45, 2.75) is 84.2 Å². The third-order valence-corrected chi connectivity index (χ3v) is 8.57. The van der Waals surface area contributed by atoms with Crippen LogP contribution in [0.2, 0.25) is 0 Å². The normalized spacial score (nSPS) is 56.4. The second kappa shape index (κ2) is 5.31. The molecule has 8 atom stereocenters. The summed E-state index contributed by atoms with van der Waals surface area (Å²) in [6, 6.07) is 0. The molecule has 0 heterocycles. The van der Waals surface area contributed by atoms with Gasteiger partial charge in [0.25, 0.3) is 0 Å². The number of rotatable bonds is 0. The number of hydrogen-bond donors (Lipinski definition) is 1. The van der Waals surface area contributed by atoms with Crippen molar-refractivity contribution in [2.24, 2.45) is 40.9 Å². The van der Waals surface area contributed by atoms with E-state index in [4.69, 9.17) is 0 Å². The predicted molar refractivity (Wildman–Crippen MR) is 91.9 cm³/mol. The standard InChI is InChI=1S/C21H34O2/c1-13-4-7-18(22)21(3)11-9-16-15-8-10-20(2,23)12-14(15)5-6-17(16)19(13)21/h13-17,19,23H,4-12H2,1-3H3/t13-,14-,15+,16-,17-,19+,20-,21-/m1/s1. The highest BCUT2D eigenvalue weighted by molar-refractivity contribution is 5.85. The lowest BCUT2D eigenvalue weighted by atomic mass is 9.45. The molecule has 4 aliphatic carbocycles. The number of fused-ring (bicyclic) bond motifs is 5. The van der Waals surface area contributed by atoms with Gasteiger partial charge in [-0.25, -0.2) is 0 Å². The number of Topliss-reactive ketones (excluding diaryl/α,β-unsaturated/α-hetero) is 1. The molecule has 0 aromatic carbocycles. The molecule has 0 saturated heterocycles. The molecule has 2 heteroatoms. The minimum Gasteiger partial charge on any atom is -0.390 e. The van der Waals surface area contributed by atoms with Crippen molar-refractivity contribution < 1.29 is 9.90 Å². The van der Waals surface area contributed by atoms with Gasteiger partial charge in [0.2, 0.25) is 0 Å². The van der Waals surface area contributed by atoms with Crippen molar-refractivity contribution in [3.63, 3.8) is 0 Å². The summed E-state index contributed by atoms with van der Waals surface area (Å²) in [7, 11) is 0. The third-order valence-electron chi connectivity index (χ3n) is 8.57. The average molecular weight is 319 g/mol. The summed E-state index contributed by atoms with van der Waals surface area (Å²) < 4.78 is 0. The van der Waals surface area contributed by atoms with Crippen LogP contribution in [0.4, 0.5) is 0 Å². The molecule has 4 fully saturated rings. The van der Waals surface area contributed by atoms with Gasteiger partial charge in [0.15, 0.2) is 0 Å². The molecule has 0 unspecified atom stereocenters. The molecular weight excluding hydrogens is 284 g/mol. The van der Waals surface area contributed by atoms with Crippen molar-refractivity contribution in [3.05, 3.63) is 0 Å². The second-order valence-electron chi connectivity index (χ2n) is 9.99. The van der Waals surface area contributed by atoms with E-state index in [0.29, 0.717) is 17.6 Å². The first kappa shape index (κ1) is 16.1. The molecule has 1 N–H and O–H groups in total. The summed E-state index contributed by atoms with van der Waals surface area (Å²) in [4.78, 5) is 12.7. The van der Waals surface area contributed by atoms with Gasteiger partial charge >= 0.3 is 0 Å². The van der Waals surface area contributed by atoms with E-state index >= 15 is 0 Å². The van der Waals surface area contributed by atoms with Crippen LogP contribution in [0.3, 0.4) is 0 Å². The van der Waals surface area contributed by atoms with Gasteiger partial charge in [0, 0.05) is 11.8 Å². The van der Waals surface area contributed by atoms with Crippen LogP contribution in [0, 0.1) is 40.9 Å². The molecule has 0 bridgehead atoms. The molecule has 2 nitrogen and oxygen atoms in total. The first-order chi connectivity index (χ1) is 10.8. The zero-order valence-corrected chi connectivity index (χ0v) is 15.2. The van der Waals surface area contributed by atoms with Crippen molar-refractivity contribution in [1.82, 2.24) is 0 Å². The first-order valence-electron chi connectivity index (χ1n) is 10.1. The Balaban J connectivity index is 1.60. The third kappa shape index (κ3) is 2.42. The van der Waals surface area contributed by atoms with Gasteiger partial charge in [-0.15, -0.1) is 0 Å². The van der Waals surface area contributed by atoms with Crippen LogP contribution in [0.1, 0.15) is 78.6 Å². The fraction of sp³-hybridized carbons (Fsp3) is 0.952. The molecular formula is C21H34O2. The van der Waals surface area contributed by atoms with Gasteiger partial charge in [-0.05, 0) is 93.8 Å². The van der Waals surface area contributed by atoms with Crippen LogP contribution in [0.25, 0.3) is 0 Å². The molecule has 130 valence electrons. The van der Waals surface area contributed by atoms with Crippen molar-refractivity contribution in [1.29, 1.82) is 0 Å². The van der Waals surface area contributed by atoms with Gasteiger partial charge in [-0.1, -0.05) is 13.8 Å². The number of ketones is 1. The van der Waals surface area contributed by atoms with Crippen LogP contribution in [0.5, 0.6) is 0 Å².